The smallest absolute Gasteiger partial charge is 0.252 e. The Labute approximate surface area is 762 Å². The molecule has 0 radical (unpaired) electrons. The van der Waals surface area contributed by atoms with E-state index in [0.717, 1.165) is 108 Å². The maximum Gasteiger partial charge on any atom is 0.252 e. The predicted octanol–water partition coefficient (Wildman–Crippen LogP) is 32.6. The molecule has 5 heteroatoms. The number of nitrogens with zero attached hydrogens (tertiary/aromatic N) is 4. The predicted molar refractivity (Wildman–Crippen MR) is 555 cm³/mol. The highest BCUT2D eigenvalue weighted by atomic mass is 15.2. The van der Waals surface area contributed by atoms with Crippen LogP contribution < -0.4 is 26.2 Å². The summed E-state index contributed by atoms with van der Waals surface area (Å²) in [5, 5.41) is 4.93. The number of anilines is 6. The second-order valence-corrected chi connectivity index (χ2v) is 39.0. The molecule has 0 bridgehead atoms. The van der Waals surface area contributed by atoms with Crippen molar-refractivity contribution in [3.63, 3.8) is 0 Å². The minimum atomic E-state index is -0.288. The Balaban J connectivity index is 0.955. The number of hydrogen-bond donors (Lipinski definition) is 0. The molecule has 129 heavy (non-hydrogen) atoms. The number of rotatable bonds is 22. The number of unbranched alkanes of at least 4 members (excludes halogenated alkanes) is 2. The quantitative estimate of drug-likeness (QED) is 0.0497. The summed E-state index contributed by atoms with van der Waals surface area (Å²) in [6, 6.07) is 147. The van der Waals surface area contributed by atoms with Gasteiger partial charge in [-0.2, -0.15) is 0 Å². The van der Waals surface area contributed by atoms with Gasteiger partial charge in [-0.25, -0.2) is 0 Å². The van der Waals surface area contributed by atoms with Gasteiger partial charge in [-0.15, -0.1) is 0 Å². The third kappa shape index (κ3) is 15.3. The zero-order valence-corrected chi connectivity index (χ0v) is 76.1. The first-order valence-electron chi connectivity index (χ1n) is 47.0. The molecule has 0 saturated carbocycles. The molecule has 0 atom stereocenters. The Morgan fingerprint density at radius 3 is 0.775 bits per heavy atom. The second-order valence-electron chi connectivity index (χ2n) is 39.0. The van der Waals surface area contributed by atoms with Gasteiger partial charge in [0.05, 0.1) is 33.4 Å². The number of aryl methyl sites for hydroxylation is 2. The van der Waals surface area contributed by atoms with Crippen molar-refractivity contribution in [2.24, 2.45) is 11.8 Å². The van der Waals surface area contributed by atoms with Gasteiger partial charge in [0, 0.05) is 77.9 Å². The van der Waals surface area contributed by atoms with Crippen molar-refractivity contribution < 1.29 is 0 Å². The highest BCUT2D eigenvalue weighted by Crippen LogP contribution is 2.57. The average molecular weight is 1670 g/mol. The standard InChI is InChI=1S/C124H111BN4/c1-82(2)35-23-25-45-96-75-97(46-26-24-36-83(3)4)120-118-119(96)128(121-106(92-63-55-88(56-64-92)84-37-15-11-16-38-84)76-98(123(5,6)7)77-107(121)93-65-57-89(58-66-93)85-39-17-12-18-40-85)116-80-100(126-112-51-31-27-47-102(112)103-48-28-32-52-113(103)126)71-73-110(116)125(118)111-74-72-101(127-114-53-33-29-49-104(114)105-50-30-34-54-115(105)127)81-117(111)129(120)122-108(94-67-59-90(60-68-94)86-41-19-13-20-42-86)78-99(124(8,9)10)79-109(122)95-69-61-91(62-70-95)87-43-21-14-22-44-87/h11-22,27-34,37-44,47-83H,23-26,35-36,45-46H2,1-10H3. The monoisotopic (exact) mass is 1670 g/mol. The van der Waals surface area contributed by atoms with Crippen molar-refractivity contribution in [1.29, 1.82) is 0 Å². The lowest BCUT2D eigenvalue weighted by molar-refractivity contribution is 0.536. The van der Waals surface area contributed by atoms with E-state index in [1.165, 1.54) is 160 Å². The van der Waals surface area contributed by atoms with Gasteiger partial charge in [-0.3, -0.25) is 0 Å². The van der Waals surface area contributed by atoms with E-state index in [4.69, 9.17) is 0 Å². The molecule has 0 unspecified atom stereocenters. The molecule has 17 aromatic carbocycles. The minimum absolute atomic E-state index is 0.271. The molecule has 0 amide bonds. The number of para-hydroxylation sites is 4. The van der Waals surface area contributed by atoms with E-state index in [1.54, 1.807) is 0 Å². The number of fused-ring (bicyclic) bond motifs is 10. The first-order chi connectivity index (χ1) is 62.9. The molecule has 2 aliphatic heterocycles. The van der Waals surface area contributed by atoms with Crippen molar-refractivity contribution in [3.05, 3.63) is 404 Å². The van der Waals surface area contributed by atoms with Gasteiger partial charge in [-0.1, -0.05) is 404 Å². The van der Waals surface area contributed by atoms with Crippen LogP contribution in [0.2, 0.25) is 0 Å². The number of aromatic nitrogens is 2. The molecule has 0 aliphatic carbocycles. The van der Waals surface area contributed by atoms with Crippen LogP contribution in [-0.2, 0) is 23.7 Å². The van der Waals surface area contributed by atoms with Gasteiger partial charge >= 0.3 is 0 Å². The molecular formula is C124H111BN4. The Morgan fingerprint density at radius 1 is 0.248 bits per heavy atom. The van der Waals surface area contributed by atoms with Gasteiger partial charge in [0.1, 0.15) is 0 Å². The molecule has 0 saturated heterocycles. The summed E-state index contributed by atoms with van der Waals surface area (Å²) in [5.41, 5.74) is 41.5. The van der Waals surface area contributed by atoms with Crippen LogP contribution in [0.5, 0.6) is 0 Å². The number of hydrogen-bond acceptors (Lipinski definition) is 2. The Hall–Kier alpha value is -14.0. The molecule has 21 rings (SSSR count). The normalized spacial score (nSPS) is 12.6. The maximum atomic E-state index is 2.89. The number of benzene rings is 17. The van der Waals surface area contributed by atoms with E-state index in [-0.39, 0.29) is 17.5 Å². The van der Waals surface area contributed by atoms with Crippen molar-refractivity contribution in [1.82, 2.24) is 9.13 Å². The van der Waals surface area contributed by atoms with E-state index in [9.17, 15) is 0 Å². The third-order valence-corrected chi connectivity index (χ3v) is 27.6. The van der Waals surface area contributed by atoms with Crippen molar-refractivity contribution in [2.75, 3.05) is 9.80 Å². The molecular weight excluding hydrogens is 1560 g/mol. The summed E-state index contributed by atoms with van der Waals surface area (Å²) in [7, 11) is 0. The molecule has 2 aliphatic rings. The fourth-order valence-electron chi connectivity index (χ4n) is 20.9. The van der Waals surface area contributed by atoms with Crippen LogP contribution in [0.1, 0.15) is 130 Å². The van der Waals surface area contributed by atoms with Crippen LogP contribution in [-0.4, -0.2) is 15.8 Å². The summed E-state index contributed by atoms with van der Waals surface area (Å²) in [4.78, 5) is 5.78. The summed E-state index contributed by atoms with van der Waals surface area (Å²) < 4.78 is 5.12. The van der Waals surface area contributed by atoms with Gasteiger partial charge in [0.15, 0.2) is 0 Å². The molecule has 630 valence electrons. The maximum absolute atomic E-state index is 2.89. The zero-order valence-electron chi connectivity index (χ0n) is 76.1. The van der Waals surface area contributed by atoms with Crippen molar-refractivity contribution in [3.8, 4) is 100 Å². The van der Waals surface area contributed by atoms with Gasteiger partial charge < -0.3 is 18.9 Å². The molecule has 0 N–H and O–H groups in total. The summed E-state index contributed by atoms with van der Waals surface area (Å²) in [6.45, 7) is 23.8. The highest BCUT2D eigenvalue weighted by Gasteiger charge is 2.48. The van der Waals surface area contributed by atoms with Gasteiger partial charge in [-0.05, 0) is 227 Å². The van der Waals surface area contributed by atoms with Crippen LogP contribution in [0, 0.1) is 11.8 Å². The van der Waals surface area contributed by atoms with E-state index >= 15 is 0 Å². The minimum Gasteiger partial charge on any atom is -0.310 e. The molecule has 4 heterocycles. The Bertz CT molecular complexity index is 6630. The van der Waals surface area contributed by atoms with Crippen molar-refractivity contribution in [2.45, 2.75) is 131 Å². The first kappa shape index (κ1) is 82.0. The molecule has 4 nitrogen and oxygen atoms in total. The first-order valence-corrected chi connectivity index (χ1v) is 47.0. The lowest BCUT2D eigenvalue weighted by Gasteiger charge is -2.48. The average Bonchev–Trinajstić information content (AvgIpc) is 1.63. The highest BCUT2D eigenvalue weighted by molar-refractivity contribution is 7.00. The van der Waals surface area contributed by atoms with Gasteiger partial charge in [0.25, 0.3) is 6.71 Å². The lowest BCUT2D eigenvalue weighted by atomic mass is 9.33. The van der Waals surface area contributed by atoms with E-state index in [2.05, 4.69) is 470 Å². The molecule has 0 spiro atoms. The van der Waals surface area contributed by atoms with Crippen LogP contribution in [0.25, 0.3) is 144 Å². The largest absolute Gasteiger partial charge is 0.310 e. The zero-order chi connectivity index (χ0) is 87.8. The fourth-order valence-corrected chi connectivity index (χ4v) is 20.9. The summed E-state index contributed by atoms with van der Waals surface area (Å²) in [6.07, 6.45) is 8.29. The fraction of sp³-hybridized carbons (Fsp3) is 0.177. The van der Waals surface area contributed by atoms with E-state index in [1.807, 2.05) is 0 Å². The summed E-state index contributed by atoms with van der Waals surface area (Å²) >= 11 is 0. The lowest BCUT2D eigenvalue weighted by Crippen LogP contribution is -2.62. The SMILES string of the molecule is CC(C)CCCCc1cc(CCCCC(C)C)c2c3c1N(c1c(-c4ccc(-c5ccccc5)cc4)cc(C(C)(C)C)cc1-c1ccc(-c4ccccc4)cc1)c1cc(-n4c5ccccc5c5ccccc54)ccc1B3c1ccc(-n3c4ccccc4c4ccccc43)cc1N2c1c(-c2ccc(-c3ccccc3)cc2)cc(C(C)(C)C)cc1-c1ccc(-c2ccccc2)cc1. The Kier molecular flexibility index (Phi) is 21.6. The Morgan fingerprint density at radius 2 is 0.504 bits per heavy atom. The van der Waals surface area contributed by atoms with E-state index in [0.29, 0.717) is 11.8 Å². The van der Waals surface area contributed by atoms with Crippen LogP contribution in [0.15, 0.2) is 382 Å². The van der Waals surface area contributed by atoms with E-state index < -0.39 is 0 Å². The molecule has 19 aromatic rings. The van der Waals surface area contributed by atoms with Crippen LogP contribution in [0.3, 0.4) is 0 Å². The summed E-state index contributed by atoms with van der Waals surface area (Å²) in [5.74, 6) is 1.11. The van der Waals surface area contributed by atoms with Gasteiger partial charge in [0.2, 0.25) is 0 Å². The van der Waals surface area contributed by atoms with Crippen LogP contribution >= 0.6 is 0 Å². The van der Waals surface area contributed by atoms with Crippen molar-refractivity contribution >= 4 is 101 Å². The molecule has 0 fully saturated rings. The molecule has 2 aromatic heterocycles. The van der Waals surface area contributed by atoms with Crippen LogP contribution in [0.4, 0.5) is 34.1 Å². The topological polar surface area (TPSA) is 16.3 Å². The third-order valence-electron chi connectivity index (χ3n) is 27.6. The second kappa shape index (κ2) is 34.0.